The second kappa shape index (κ2) is 7.50. The van der Waals surface area contributed by atoms with Crippen LogP contribution in [0.4, 0.5) is 0 Å². The number of benzene rings is 1. The van der Waals surface area contributed by atoms with Crippen LogP contribution >= 0.6 is 0 Å². The third kappa shape index (κ3) is 3.84. The molecule has 2 nitrogen and oxygen atoms in total. The molecule has 0 bridgehead atoms. The van der Waals surface area contributed by atoms with Crippen LogP contribution < -0.4 is 4.74 Å². The van der Waals surface area contributed by atoms with Crippen molar-refractivity contribution in [2.45, 2.75) is 57.3 Å². The highest BCUT2D eigenvalue weighted by Gasteiger charge is 2.22. The van der Waals surface area contributed by atoms with E-state index in [1.807, 2.05) is 0 Å². The summed E-state index contributed by atoms with van der Waals surface area (Å²) in [6.07, 6.45) is 11.2. The van der Waals surface area contributed by atoms with Crippen LogP contribution in [0.25, 0.3) is 0 Å². The van der Waals surface area contributed by atoms with Gasteiger partial charge in [-0.05, 0) is 74.4 Å². The molecule has 0 heterocycles. The van der Waals surface area contributed by atoms with Crippen LogP contribution in [0, 0.1) is 5.92 Å². The zero-order valence-corrected chi connectivity index (χ0v) is 14.3. The maximum atomic E-state index is 5.38. The highest BCUT2D eigenvalue weighted by atomic mass is 16.5. The van der Waals surface area contributed by atoms with E-state index in [9.17, 15) is 0 Å². The van der Waals surface area contributed by atoms with E-state index in [2.05, 4.69) is 30.1 Å². The van der Waals surface area contributed by atoms with Gasteiger partial charge < -0.3 is 9.64 Å². The summed E-state index contributed by atoms with van der Waals surface area (Å²) in [6.45, 7) is 2.48. The molecule has 0 aliphatic heterocycles. The van der Waals surface area contributed by atoms with Crippen molar-refractivity contribution in [1.82, 2.24) is 4.90 Å². The van der Waals surface area contributed by atoms with Crippen LogP contribution in [0.15, 0.2) is 18.2 Å². The molecule has 1 aromatic carbocycles. The molecule has 1 saturated carbocycles. The van der Waals surface area contributed by atoms with Crippen LogP contribution in [-0.4, -0.2) is 32.1 Å². The van der Waals surface area contributed by atoms with Crippen molar-refractivity contribution < 1.29 is 4.74 Å². The molecule has 2 aliphatic carbocycles. The van der Waals surface area contributed by atoms with Gasteiger partial charge in [-0.25, -0.2) is 0 Å². The number of fused-ring (bicyclic) bond motifs is 1. The summed E-state index contributed by atoms with van der Waals surface area (Å²) in [6, 6.07) is 6.69. The predicted molar refractivity (Wildman–Crippen MR) is 92.7 cm³/mol. The van der Waals surface area contributed by atoms with Crippen LogP contribution in [0.1, 0.15) is 62.0 Å². The lowest BCUT2D eigenvalue weighted by atomic mass is 9.82. The maximum absolute atomic E-state index is 5.38. The Kier molecular flexibility index (Phi) is 5.41. The van der Waals surface area contributed by atoms with Crippen molar-refractivity contribution >= 4 is 0 Å². The van der Waals surface area contributed by atoms with E-state index in [4.69, 9.17) is 4.74 Å². The molecule has 2 aliphatic rings. The highest BCUT2D eigenvalue weighted by Crippen LogP contribution is 2.34. The molecule has 0 amide bonds. The standard InChI is InChI=1S/C20H31NO/c1-21(13-12-16-6-3-4-7-16)15-18-9-5-8-17-14-19(22-2)10-11-20(17)18/h10-11,14,16,18H,3-9,12-13,15H2,1-2H3. The fourth-order valence-corrected chi connectivity index (χ4v) is 4.38. The Morgan fingerprint density at radius 3 is 2.73 bits per heavy atom. The molecule has 122 valence electrons. The van der Waals surface area contributed by atoms with Gasteiger partial charge >= 0.3 is 0 Å². The van der Waals surface area contributed by atoms with Gasteiger partial charge in [-0.2, -0.15) is 0 Å². The van der Waals surface area contributed by atoms with E-state index < -0.39 is 0 Å². The quantitative estimate of drug-likeness (QED) is 0.759. The minimum absolute atomic E-state index is 0.711. The second-order valence-electron chi connectivity index (χ2n) is 7.36. The highest BCUT2D eigenvalue weighted by molar-refractivity contribution is 5.39. The molecule has 1 atom stereocenters. The molecule has 0 aromatic heterocycles. The van der Waals surface area contributed by atoms with Crippen LogP contribution in [-0.2, 0) is 6.42 Å². The number of aryl methyl sites for hydroxylation is 1. The zero-order chi connectivity index (χ0) is 15.4. The van der Waals surface area contributed by atoms with Gasteiger partial charge in [-0.3, -0.25) is 0 Å². The first-order valence-electron chi connectivity index (χ1n) is 9.11. The van der Waals surface area contributed by atoms with E-state index in [-0.39, 0.29) is 0 Å². The third-order valence-corrected chi connectivity index (χ3v) is 5.71. The molecular formula is C20H31NO. The molecule has 1 unspecified atom stereocenters. The summed E-state index contributed by atoms with van der Waals surface area (Å²) in [5.74, 6) is 2.72. The van der Waals surface area contributed by atoms with Crippen molar-refractivity contribution in [3.8, 4) is 5.75 Å². The van der Waals surface area contributed by atoms with Crippen molar-refractivity contribution in [1.29, 1.82) is 0 Å². The Bertz CT molecular complexity index is 479. The molecule has 2 heteroatoms. The van der Waals surface area contributed by atoms with Gasteiger partial charge in [0.1, 0.15) is 5.75 Å². The normalized spacial score (nSPS) is 22.0. The van der Waals surface area contributed by atoms with Gasteiger partial charge in [-0.1, -0.05) is 31.7 Å². The van der Waals surface area contributed by atoms with Gasteiger partial charge in [0.15, 0.2) is 0 Å². The van der Waals surface area contributed by atoms with E-state index in [0.29, 0.717) is 5.92 Å². The molecule has 0 saturated heterocycles. The second-order valence-corrected chi connectivity index (χ2v) is 7.36. The summed E-state index contributed by atoms with van der Waals surface area (Å²) in [5.41, 5.74) is 3.08. The number of ether oxygens (including phenoxy) is 1. The zero-order valence-electron chi connectivity index (χ0n) is 14.3. The van der Waals surface area contributed by atoms with Gasteiger partial charge in [-0.15, -0.1) is 0 Å². The third-order valence-electron chi connectivity index (χ3n) is 5.71. The average molecular weight is 301 g/mol. The molecule has 0 N–H and O–H groups in total. The monoisotopic (exact) mass is 301 g/mol. The molecule has 1 fully saturated rings. The number of rotatable bonds is 6. The lowest BCUT2D eigenvalue weighted by Gasteiger charge is -2.30. The van der Waals surface area contributed by atoms with Gasteiger partial charge in [0.05, 0.1) is 7.11 Å². The molecular weight excluding hydrogens is 270 g/mol. The summed E-state index contributed by atoms with van der Waals surface area (Å²) in [5, 5.41) is 0. The number of hydrogen-bond acceptors (Lipinski definition) is 2. The summed E-state index contributed by atoms with van der Waals surface area (Å²) >= 11 is 0. The molecule has 1 aromatic rings. The lowest BCUT2D eigenvalue weighted by molar-refractivity contribution is 0.274. The maximum Gasteiger partial charge on any atom is 0.119 e. The Balaban J connectivity index is 1.56. The van der Waals surface area contributed by atoms with Crippen LogP contribution in [0.2, 0.25) is 0 Å². The van der Waals surface area contributed by atoms with E-state index in [1.54, 1.807) is 12.7 Å². The number of hydrogen-bond donors (Lipinski definition) is 0. The Morgan fingerprint density at radius 2 is 1.95 bits per heavy atom. The number of likely N-dealkylation sites (N-methyl/N-ethyl adjacent to an activating group) is 1. The van der Waals surface area contributed by atoms with E-state index in [0.717, 1.165) is 11.7 Å². The Labute approximate surface area is 135 Å². The number of nitrogens with zero attached hydrogens (tertiary/aromatic N) is 1. The van der Waals surface area contributed by atoms with Crippen LogP contribution in [0.3, 0.4) is 0 Å². The van der Waals surface area contributed by atoms with E-state index >= 15 is 0 Å². The largest absolute Gasteiger partial charge is 0.497 e. The molecule has 3 rings (SSSR count). The summed E-state index contributed by atoms with van der Waals surface area (Å²) < 4.78 is 5.38. The fourth-order valence-electron chi connectivity index (χ4n) is 4.38. The van der Waals surface area contributed by atoms with Crippen molar-refractivity contribution in [2.75, 3.05) is 27.2 Å². The Morgan fingerprint density at radius 1 is 1.14 bits per heavy atom. The minimum atomic E-state index is 0.711. The summed E-state index contributed by atoms with van der Waals surface area (Å²) in [7, 11) is 4.07. The first-order valence-corrected chi connectivity index (χ1v) is 9.11. The minimum Gasteiger partial charge on any atom is -0.497 e. The van der Waals surface area contributed by atoms with Crippen molar-refractivity contribution in [3.63, 3.8) is 0 Å². The van der Waals surface area contributed by atoms with Gasteiger partial charge in [0.25, 0.3) is 0 Å². The predicted octanol–water partition coefficient (Wildman–Crippen LogP) is 4.63. The summed E-state index contributed by atoms with van der Waals surface area (Å²) in [4.78, 5) is 2.57. The average Bonchev–Trinajstić information content (AvgIpc) is 3.06. The first kappa shape index (κ1) is 15.9. The van der Waals surface area contributed by atoms with Gasteiger partial charge in [0.2, 0.25) is 0 Å². The van der Waals surface area contributed by atoms with Crippen molar-refractivity contribution in [2.24, 2.45) is 5.92 Å². The molecule has 0 radical (unpaired) electrons. The lowest BCUT2D eigenvalue weighted by Crippen LogP contribution is -2.28. The topological polar surface area (TPSA) is 12.5 Å². The first-order chi connectivity index (χ1) is 10.8. The van der Waals surface area contributed by atoms with E-state index in [1.165, 1.54) is 70.0 Å². The van der Waals surface area contributed by atoms with Gasteiger partial charge in [0, 0.05) is 6.54 Å². The molecule has 22 heavy (non-hydrogen) atoms. The van der Waals surface area contributed by atoms with Crippen LogP contribution in [0.5, 0.6) is 5.75 Å². The smallest absolute Gasteiger partial charge is 0.119 e. The van der Waals surface area contributed by atoms with Crippen molar-refractivity contribution in [3.05, 3.63) is 29.3 Å². The number of methoxy groups -OCH3 is 1. The Hall–Kier alpha value is -1.02. The SMILES string of the molecule is COc1ccc2c(c1)CCCC2CN(C)CCC1CCCC1. The molecule has 0 spiro atoms. The fraction of sp³-hybridized carbons (Fsp3) is 0.700.